The summed E-state index contributed by atoms with van der Waals surface area (Å²) in [6, 6.07) is 31.3. The van der Waals surface area contributed by atoms with Gasteiger partial charge in [-0.15, -0.1) is 0 Å². The van der Waals surface area contributed by atoms with Crippen molar-refractivity contribution in [1.29, 1.82) is 5.26 Å². The van der Waals surface area contributed by atoms with Crippen LogP contribution in [-0.2, 0) is 23.9 Å². The number of ether oxygens (including phenoxy) is 4. The Morgan fingerprint density at radius 1 is 0.634 bits per heavy atom. The topological polar surface area (TPSA) is 184 Å². The molecule has 4 aromatic carbocycles. The van der Waals surface area contributed by atoms with E-state index in [4.69, 9.17) is 24.0 Å². The number of hydrogen-bond donors (Lipinski definition) is 0. The lowest BCUT2D eigenvalue weighted by atomic mass is 9.67. The minimum atomic E-state index is -0.706. The van der Waals surface area contributed by atoms with Gasteiger partial charge in [0.1, 0.15) is 34.3 Å². The summed E-state index contributed by atoms with van der Waals surface area (Å²) in [4.78, 5) is 65.5. The van der Waals surface area contributed by atoms with Crippen molar-refractivity contribution in [1.82, 2.24) is 4.90 Å². The molecule has 0 N–H and O–H groups in total. The number of likely N-dealkylation sites (tertiary alicyclic amines) is 1. The van der Waals surface area contributed by atoms with Gasteiger partial charge < -0.3 is 23.8 Å². The van der Waals surface area contributed by atoms with Crippen LogP contribution in [0.5, 0.6) is 11.5 Å². The van der Waals surface area contributed by atoms with Gasteiger partial charge in [0, 0.05) is 42.9 Å². The van der Waals surface area contributed by atoms with E-state index in [0.29, 0.717) is 82.6 Å². The van der Waals surface area contributed by atoms with Crippen molar-refractivity contribution in [3.8, 4) is 17.6 Å². The van der Waals surface area contributed by atoms with E-state index in [1.807, 2.05) is 91.9 Å². The first-order valence-electron chi connectivity index (χ1n) is 33.1. The van der Waals surface area contributed by atoms with E-state index in [-0.39, 0.29) is 78.4 Å². The van der Waals surface area contributed by atoms with E-state index in [9.17, 15) is 29.2 Å². The summed E-state index contributed by atoms with van der Waals surface area (Å²) in [6.07, 6.45) is 25.0. The number of fused-ring (bicyclic) bond motifs is 2. The number of carbonyl (C=O) groups is 5. The first-order chi connectivity index (χ1) is 44.6. The Hall–Kier alpha value is -8.94. The molecule has 0 bridgehead atoms. The Labute approximate surface area is 609 Å². The maximum absolute atomic E-state index is 13.2. The Morgan fingerprint density at radius 3 is 1.61 bits per heavy atom. The SMILES string of the molecule is C.C.C.C.C.C.CCC(C)C(=O)Oc1cccc(N(/N=C/C2=C(C)C3C=CC=CC3C2(C)C)C(=O)OC(C)(C)C)c1.CCC(C)c1ccc(N(/N=C/C2(C)N(C)C3C=CC=CC3C2(C)C)C(=O)OC(C)(C)C)cc1.CCC(C)c1ccc(OC(=O)C(C#N)=Cc2ccc(N(C)C=O)cc2)cc1. The second-order valence-corrected chi connectivity index (χ2v) is 28.4. The van der Waals surface area contributed by atoms with Gasteiger partial charge in [-0.2, -0.15) is 25.5 Å². The van der Waals surface area contributed by atoms with Crippen LogP contribution in [0.3, 0.4) is 0 Å². The van der Waals surface area contributed by atoms with E-state index < -0.39 is 29.4 Å². The number of allylic oxidation sites excluding steroid dienone is 8. The van der Waals surface area contributed by atoms with Crippen LogP contribution in [0.4, 0.5) is 26.7 Å². The zero-order chi connectivity index (χ0) is 70.4. The minimum absolute atomic E-state index is 0. The van der Waals surface area contributed by atoms with Crippen molar-refractivity contribution in [2.45, 2.75) is 223 Å². The quantitative estimate of drug-likeness (QED) is 0.0176. The molecule has 1 heterocycles. The van der Waals surface area contributed by atoms with Gasteiger partial charge in [0.2, 0.25) is 6.41 Å². The molecule has 16 nitrogen and oxygen atoms in total. The standard InChI is InChI=1S/C29H38N2O4.C28H41N3O2.C22H22N2O3.6CH4/c1-9-19(2)26(32)34-22-14-12-13-21(17-22)31(27(33)35-28(4,5)6)30-18-25-20(3)23-15-10-11-16-24(23)29(25,7)8;1-10-20(2)21-15-17-22(18-16-21)31(25(32)33-26(3,4)5)29-19-28(8)27(6,7)23-13-11-12-14-24(23)30(28)9;1-4-16(2)18-7-11-21(12-8-18)27-22(26)19(14-23)13-17-5-9-20(10-6-17)24(3)15-25;;;;;;/h10-19,23-24H,9H2,1-8H3;11-20,23-24H,10H2,1-9H3;5-13,15-16H,4H2,1-3H3;6*1H4/b30-18+;29-19+;;;;;;;. The fourth-order valence-electron chi connectivity index (χ4n) is 11.8. The fraction of sp³-hybridized carbons (Fsp3) is 0.482. The predicted octanol–water partition coefficient (Wildman–Crippen LogP) is 22.0. The third-order valence-corrected chi connectivity index (χ3v) is 18.9. The lowest BCUT2D eigenvalue weighted by molar-refractivity contribution is -0.138. The lowest BCUT2D eigenvalue weighted by Crippen LogP contribution is -2.51. The van der Waals surface area contributed by atoms with Crippen LogP contribution in [0.25, 0.3) is 6.08 Å². The van der Waals surface area contributed by atoms with Crippen LogP contribution in [0.15, 0.2) is 173 Å². The van der Waals surface area contributed by atoms with Gasteiger partial charge in [0.05, 0.1) is 29.0 Å². The summed E-state index contributed by atoms with van der Waals surface area (Å²) in [7, 11) is 3.78. The van der Waals surface area contributed by atoms with Gasteiger partial charge in [-0.1, -0.05) is 210 Å². The number of anilines is 3. The van der Waals surface area contributed by atoms with Gasteiger partial charge in [-0.3, -0.25) is 14.5 Å². The summed E-state index contributed by atoms with van der Waals surface area (Å²) in [5.41, 5.74) is 5.29. The van der Waals surface area contributed by atoms with E-state index in [2.05, 4.69) is 147 Å². The number of likely N-dealkylation sites (N-methyl/N-ethyl adjacent to an activating group) is 1. The molecule has 8 rings (SSSR count). The van der Waals surface area contributed by atoms with Crippen molar-refractivity contribution in [3.05, 3.63) is 179 Å². The van der Waals surface area contributed by atoms with Crippen molar-refractivity contribution < 1.29 is 42.9 Å². The average Bonchev–Trinajstić information content (AvgIpc) is 1.57. The Balaban J connectivity index is 0.00000145. The first-order valence-corrected chi connectivity index (χ1v) is 33.1. The molecule has 1 aliphatic heterocycles. The molecule has 4 aromatic rings. The maximum Gasteiger partial charge on any atom is 0.435 e. The zero-order valence-electron chi connectivity index (χ0n) is 59.6. The van der Waals surface area contributed by atoms with E-state index in [1.165, 1.54) is 37.7 Å². The highest BCUT2D eigenvalue weighted by atomic mass is 16.6. The van der Waals surface area contributed by atoms with Gasteiger partial charge in [-0.25, -0.2) is 14.4 Å². The molecule has 0 saturated carbocycles. The monoisotopic (exact) mass is 1390 g/mol. The van der Waals surface area contributed by atoms with Crippen molar-refractivity contribution in [2.75, 3.05) is 29.0 Å². The Morgan fingerprint density at radius 2 is 1.13 bits per heavy atom. The molecule has 0 aromatic heterocycles. The van der Waals surface area contributed by atoms with Crippen molar-refractivity contribution >= 4 is 66.1 Å². The number of esters is 2. The molecule has 8 unspecified atom stereocenters. The maximum atomic E-state index is 13.2. The average molecular weight is 1390 g/mol. The summed E-state index contributed by atoms with van der Waals surface area (Å²) in [5.74, 6) is 1.45. The molecular formula is C85H125N7O9. The highest BCUT2D eigenvalue weighted by molar-refractivity contribution is 5.99. The molecule has 1 fully saturated rings. The van der Waals surface area contributed by atoms with E-state index >= 15 is 0 Å². The first kappa shape index (κ1) is 92.1. The summed E-state index contributed by atoms with van der Waals surface area (Å²) in [6.45, 7) is 36.8. The second kappa shape index (κ2) is 39.3. The van der Waals surface area contributed by atoms with E-state index in [0.717, 1.165) is 18.4 Å². The molecule has 0 radical (unpaired) electrons. The number of benzene rings is 4. The molecule has 8 atom stereocenters. The number of nitrogens with zero attached hydrogens (tertiary/aromatic N) is 7. The molecule has 3 aliphatic carbocycles. The Kier molecular flexibility index (Phi) is 35.8. The number of hydrogen-bond acceptors (Lipinski definition) is 13. The Bertz CT molecular complexity index is 3650. The predicted molar refractivity (Wildman–Crippen MR) is 424 cm³/mol. The number of rotatable bonds is 18. The smallest absolute Gasteiger partial charge is 0.435 e. The van der Waals surface area contributed by atoms with Gasteiger partial charge >= 0.3 is 24.1 Å². The van der Waals surface area contributed by atoms with Crippen LogP contribution in [0.1, 0.15) is 217 Å². The lowest BCUT2D eigenvalue weighted by Gasteiger charge is -2.41. The largest absolute Gasteiger partial charge is 0.442 e. The van der Waals surface area contributed by atoms with Gasteiger partial charge in [0.25, 0.3) is 0 Å². The molecule has 3 amide bonds. The van der Waals surface area contributed by atoms with E-state index in [1.54, 1.807) is 73.9 Å². The van der Waals surface area contributed by atoms with Gasteiger partial charge in [-0.05, 0) is 187 Å². The molecule has 101 heavy (non-hydrogen) atoms. The fourth-order valence-corrected chi connectivity index (χ4v) is 11.8. The summed E-state index contributed by atoms with van der Waals surface area (Å²) in [5, 5.41) is 21.3. The van der Waals surface area contributed by atoms with Crippen molar-refractivity contribution in [2.24, 2.45) is 44.7 Å². The third-order valence-electron chi connectivity index (χ3n) is 18.9. The molecule has 16 heteroatoms. The number of carbonyl (C=O) groups excluding carboxylic acids is 5. The van der Waals surface area contributed by atoms with Crippen LogP contribution in [0, 0.1) is 45.8 Å². The molecular weight excluding hydrogens is 1260 g/mol. The molecule has 0 spiro atoms. The zero-order valence-corrected chi connectivity index (χ0v) is 59.6. The second-order valence-electron chi connectivity index (χ2n) is 28.4. The highest BCUT2D eigenvalue weighted by Crippen LogP contribution is 2.54. The number of hydrazone groups is 2. The van der Waals surface area contributed by atoms with Crippen LogP contribution < -0.4 is 24.4 Å². The van der Waals surface area contributed by atoms with Crippen LogP contribution in [-0.4, -0.2) is 84.7 Å². The normalized spacial score (nSPS) is 19.7. The van der Waals surface area contributed by atoms with Crippen molar-refractivity contribution in [3.63, 3.8) is 0 Å². The van der Waals surface area contributed by atoms with Crippen LogP contribution >= 0.6 is 0 Å². The molecule has 1 saturated heterocycles. The highest BCUT2D eigenvalue weighted by Gasteiger charge is 2.58. The number of amides is 3. The van der Waals surface area contributed by atoms with Crippen LogP contribution in [0.2, 0.25) is 0 Å². The third kappa shape index (κ3) is 23.0. The summed E-state index contributed by atoms with van der Waals surface area (Å²) < 4.78 is 22.2. The molecule has 554 valence electrons. The minimum Gasteiger partial charge on any atom is -0.442 e. The summed E-state index contributed by atoms with van der Waals surface area (Å²) >= 11 is 0. The number of nitriles is 1. The van der Waals surface area contributed by atoms with Gasteiger partial charge in [0.15, 0.2) is 0 Å². The molecule has 4 aliphatic rings.